The number of hydrogen-bond acceptors (Lipinski definition) is 2. The molecule has 0 heterocycles. The molecule has 0 N–H and O–H groups in total. The first-order valence-electron chi connectivity index (χ1n) is 8.75. The van der Waals surface area contributed by atoms with E-state index in [1.54, 1.807) is 0 Å². The van der Waals surface area contributed by atoms with Gasteiger partial charge in [0.25, 0.3) is 0 Å². The van der Waals surface area contributed by atoms with E-state index in [9.17, 15) is 0 Å². The van der Waals surface area contributed by atoms with E-state index in [0.29, 0.717) is 13.2 Å². The molecule has 0 aromatic heterocycles. The Hall–Kier alpha value is -2.74. The third-order valence-electron chi connectivity index (χ3n) is 3.99. The number of hydrogen-bond donors (Lipinski definition) is 0. The summed E-state index contributed by atoms with van der Waals surface area (Å²) in [7, 11) is 0. The van der Waals surface area contributed by atoms with Crippen LogP contribution in [-0.4, -0.2) is 6.61 Å². The molecule has 3 rings (SSSR count). The van der Waals surface area contributed by atoms with Crippen molar-refractivity contribution >= 4 is 0 Å². The van der Waals surface area contributed by atoms with Crippen LogP contribution in [0.3, 0.4) is 0 Å². The minimum Gasteiger partial charge on any atom is -0.493 e. The molecule has 0 saturated carbocycles. The summed E-state index contributed by atoms with van der Waals surface area (Å²) in [6.07, 6.45) is 2.03. The summed E-state index contributed by atoms with van der Waals surface area (Å²) in [5.41, 5.74) is 3.65. The molecule has 2 heteroatoms. The fourth-order valence-corrected chi connectivity index (χ4v) is 2.73. The summed E-state index contributed by atoms with van der Waals surface area (Å²) in [6, 6.07) is 26.8. The molecule has 0 aliphatic heterocycles. The van der Waals surface area contributed by atoms with E-state index in [0.717, 1.165) is 35.5 Å². The van der Waals surface area contributed by atoms with Crippen LogP contribution in [0.25, 0.3) is 0 Å². The van der Waals surface area contributed by atoms with Crippen LogP contribution in [0.5, 0.6) is 11.5 Å². The van der Waals surface area contributed by atoms with Gasteiger partial charge in [0, 0.05) is 6.07 Å². The Balaban J connectivity index is 1.50. The van der Waals surface area contributed by atoms with Crippen LogP contribution in [0.15, 0.2) is 78.9 Å². The fourth-order valence-electron chi connectivity index (χ4n) is 2.73. The standard InChI is InChI=1S/C23H24O2/c1-19-15-22(24-14-8-13-20-9-4-2-5-10-20)17-23(16-19)25-18-21-11-6-3-7-12-21/h2-7,9-12,15-17H,8,13-14,18H2,1H3. The minimum absolute atomic E-state index is 0.567. The number of rotatable bonds is 8. The summed E-state index contributed by atoms with van der Waals surface area (Å²) in [5, 5.41) is 0. The van der Waals surface area contributed by atoms with Gasteiger partial charge in [-0.25, -0.2) is 0 Å². The van der Waals surface area contributed by atoms with E-state index < -0.39 is 0 Å². The highest BCUT2D eigenvalue weighted by atomic mass is 16.5. The van der Waals surface area contributed by atoms with Crippen molar-refractivity contribution in [1.29, 1.82) is 0 Å². The molecule has 128 valence electrons. The molecule has 0 saturated heterocycles. The SMILES string of the molecule is Cc1cc(OCCCc2ccccc2)cc(OCc2ccccc2)c1. The van der Waals surface area contributed by atoms with Crippen LogP contribution in [0, 0.1) is 6.92 Å². The summed E-state index contributed by atoms with van der Waals surface area (Å²) < 4.78 is 11.8. The first-order chi connectivity index (χ1) is 12.3. The van der Waals surface area contributed by atoms with Gasteiger partial charge in [0.2, 0.25) is 0 Å². The van der Waals surface area contributed by atoms with Crippen molar-refractivity contribution in [3.63, 3.8) is 0 Å². The van der Waals surface area contributed by atoms with E-state index >= 15 is 0 Å². The molecule has 0 aliphatic rings. The Morgan fingerprint density at radius 2 is 1.28 bits per heavy atom. The zero-order valence-electron chi connectivity index (χ0n) is 14.7. The Morgan fingerprint density at radius 3 is 1.96 bits per heavy atom. The van der Waals surface area contributed by atoms with Crippen LogP contribution < -0.4 is 9.47 Å². The molecule has 25 heavy (non-hydrogen) atoms. The third kappa shape index (κ3) is 5.68. The van der Waals surface area contributed by atoms with Crippen LogP contribution >= 0.6 is 0 Å². The molecular weight excluding hydrogens is 308 g/mol. The first-order valence-corrected chi connectivity index (χ1v) is 8.75. The molecule has 3 aromatic carbocycles. The van der Waals surface area contributed by atoms with Crippen molar-refractivity contribution in [3.05, 3.63) is 95.6 Å². The van der Waals surface area contributed by atoms with Crippen LogP contribution in [0.4, 0.5) is 0 Å². The molecule has 2 nitrogen and oxygen atoms in total. The average molecular weight is 332 g/mol. The van der Waals surface area contributed by atoms with Crippen molar-refractivity contribution in [3.8, 4) is 11.5 Å². The Morgan fingerprint density at radius 1 is 0.680 bits per heavy atom. The summed E-state index contributed by atoms with van der Waals surface area (Å²) in [5.74, 6) is 1.72. The van der Waals surface area contributed by atoms with E-state index in [1.165, 1.54) is 5.56 Å². The molecule has 0 spiro atoms. The number of benzene rings is 3. The maximum atomic E-state index is 5.92. The van der Waals surface area contributed by atoms with Gasteiger partial charge < -0.3 is 9.47 Å². The van der Waals surface area contributed by atoms with Gasteiger partial charge in [-0.3, -0.25) is 0 Å². The fraction of sp³-hybridized carbons (Fsp3) is 0.217. The maximum absolute atomic E-state index is 5.92. The molecule has 0 amide bonds. The van der Waals surface area contributed by atoms with E-state index in [-0.39, 0.29) is 0 Å². The number of aryl methyl sites for hydroxylation is 2. The first kappa shape index (κ1) is 17.1. The summed E-state index contributed by atoms with van der Waals surface area (Å²) in [4.78, 5) is 0. The second kappa shape index (κ2) is 8.93. The molecule has 0 radical (unpaired) electrons. The lowest BCUT2D eigenvalue weighted by Crippen LogP contribution is -2.01. The highest BCUT2D eigenvalue weighted by Gasteiger charge is 2.02. The maximum Gasteiger partial charge on any atom is 0.123 e. The topological polar surface area (TPSA) is 18.5 Å². The molecule has 0 atom stereocenters. The molecule has 0 bridgehead atoms. The van der Waals surface area contributed by atoms with Gasteiger partial charge in [-0.05, 0) is 48.6 Å². The largest absolute Gasteiger partial charge is 0.493 e. The summed E-state index contributed by atoms with van der Waals surface area (Å²) in [6.45, 7) is 3.33. The Bertz CT molecular complexity index is 767. The minimum atomic E-state index is 0.567. The van der Waals surface area contributed by atoms with Gasteiger partial charge in [-0.1, -0.05) is 60.7 Å². The molecular formula is C23H24O2. The van der Waals surface area contributed by atoms with Gasteiger partial charge in [-0.15, -0.1) is 0 Å². The van der Waals surface area contributed by atoms with Crippen molar-refractivity contribution in [1.82, 2.24) is 0 Å². The smallest absolute Gasteiger partial charge is 0.123 e. The van der Waals surface area contributed by atoms with Crippen molar-refractivity contribution in [2.75, 3.05) is 6.61 Å². The normalized spacial score (nSPS) is 10.4. The predicted molar refractivity (Wildman–Crippen MR) is 102 cm³/mol. The van der Waals surface area contributed by atoms with E-state index in [1.807, 2.05) is 36.4 Å². The highest BCUT2D eigenvalue weighted by molar-refractivity contribution is 5.38. The molecule has 0 unspecified atom stereocenters. The van der Waals surface area contributed by atoms with Crippen molar-refractivity contribution < 1.29 is 9.47 Å². The second-order valence-corrected chi connectivity index (χ2v) is 6.19. The Kier molecular flexibility index (Phi) is 6.11. The lowest BCUT2D eigenvalue weighted by atomic mass is 10.1. The van der Waals surface area contributed by atoms with Gasteiger partial charge in [0.05, 0.1) is 6.61 Å². The van der Waals surface area contributed by atoms with E-state index in [2.05, 4.69) is 49.4 Å². The monoisotopic (exact) mass is 332 g/mol. The van der Waals surface area contributed by atoms with Crippen molar-refractivity contribution in [2.45, 2.75) is 26.4 Å². The van der Waals surface area contributed by atoms with Gasteiger partial charge in [0.1, 0.15) is 18.1 Å². The molecule has 0 fully saturated rings. The van der Waals surface area contributed by atoms with Gasteiger partial charge in [0.15, 0.2) is 0 Å². The Labute approximate surface area is 150 Å². The van der Waals surface area contributed by atoms with E-state index in [4.69, 9.17) is 9.47 Å². The molecule has 3 aromatic rings. The number of ether oxygens (including phenoxy) is 2. The average Bonchev–Trinajstić information content (AvgIpc) is 2.65. The zero-order valence-corrected chi connectivity index (χ0v) is 14.7. The van der Waals surface area contributed by atoms with Crippen LogP contribution in [0.1, 0.15) is 23.1 Å². The predicted octanol–water partition coefficient (Wildman–Crippen LogP) is 5.59. The summed E-state index contributed by atoms with van der Waals surface area (Å²) >= 11 is 0. The van der Waals surface area contributed by atoms with Crippen LogP contribution in [-0.2, 0) is 13.0 Å². The van der Waals surface area contributed by atoms with Crippen molar-refractivity contribution in [2.24, 2.45) is 0 Å². The molecule has 0 aliphatic carbocycles. The van der Waals surface area contributed by atoms with Crippen LogP contribution in [0.2, 0.25) is 0 Å². The third-order valence-corrected chi connectivity index (χ3v) is 3.99. The highest BCUT2D eigenvalue weighted by Crippen LogP contribution is 2.23. The second-order valence-electron chi connectivity index (χ2n) is 6.19. The lowest BCUT2D eigenvalue weighted by molar-refractivity contribution is 0.292. The lowest BCUT2D eigenvalue weighted by Gasteiger charge is -2.11. The zero-order chi connectivity index (χ0) is 17.3. The quantitative estimate of drug-likeness (QED) is 0.501. The van der Waals surface area contributed by atoms with Gasteiger partial charge in [-0.2, -0.15) is 0 Å². The van der Waals surface area contributed by atoms with Gasteiger partial charge >= 0.3 is 0 Å².